The van der Waals surface area contributed by atoms with Crippen LogP contribution in [0.4, 0.5) is 0 Å². The lowest BCUT2D eigenvalue weighted by atomic mass is 10.1. The van der Waals surface area contributed by atoms with E-state index in [2.05, 4.69) is 78.7 Å². The van der Waals surface area contributed by atoms with Crippen LogP contribution >= 0.6 is 0 Å². The van der Waals surface area contributed by atoms with Gasteiger partial charge in [0, 0.05) is 5.56 Å². The van der Waals surface area contributed by atoms with Gasteiger partial charge >= 0.3 is 0 Å². The number of piperazine rings is 1. The molecule has 1 fully saturated rings. The van der Waals surface area contributed by atoms with E-state index in [0.717, 1.165) is 44.2 Å². The molecule has 1 saturated heterocycles. The van der Waals surface area contributed by atoms with Gasteiger partial charge in [0.2, 0.25) is 5.89 Å². The molecule has 0 unspecified atom stereocenters. The topological polar surface area (TPSA) is 47.8 Å². The van der Waals surface area contributed by atoms with Gasteiger partial charge in [0.05, 0.1) is 6.54 Å². The van der Waals surface area contributed by atoms with Gasteiger partial charge in [-0.15, -0.1) is 10.2 Å². The summed E-state index contributed by atoms with van der Waals surface area (Å²) in [6.45, 7) is 9.92. The summed E-state index contributed by atoms with van der Waals surface area (Å²) in [5.41, 5.74) is 3.46. The molecule has 0 aliphatic carbocycles. The average molecular weight is 391 g/mol. The Balaban J connectivity index is 1.30. The van der Waals surface area contributed by atoms with Crippen LogP contribution in [-0.2, 0) is 0 Å². The van der Waals surface area contributed by atoms with Crippen LogP contribution in [0.15, 0.2) is 65.1 Å². The quantitative estimate of drug-likeness (QED) is 0.672. The Morgan fingerprint density at radius 1 is 1.00 bits per heavy atom. The number of nitrogens with one attached hydrogen (secondary N) is 2. The van der Waals surface area contributed by atoms with Crippen LogP contribution in [0.1, 0.15) is 30.0 Å². The highest BCUT2D eigenvalue weighted by Gasteiger charge is 2.30. The van der Waals surface area contributed by atoms with Crippen molar-refractivity contribution in [1.29, 1.82) is 0 Å². The summed E-state index contributed by atoms with van der Waals surface area (Å²) in [5.74, 6) is 1.36. The van der Waals surface area contributed by atoms with E-state index in [-0.39, 0.29) is 6.04 Å². The first-order valence-corrected chi connectivity index (χ1v) is 10.5. The normalized spacial score (nSPS) is 20.8. The van der Waals surface area contributed by atoms with Gasteiger partial charge in [-0.1, -0.05) is 54.1 Å². The van der Waals surface area contributed by atoms with Crippen LogP contribution in [0.5, 0.6) is 0 Å². The maximum atomic E-state index is 6.02. The number of quaternary nitrogens is 2. The summed E-state index contributed by atoms with van der Waals surface area (Å²) in [7, 11) is 0. The first-order valence-electron chi connectivity index (χ1n) is 10.5. The van der Waals surface area contributed by atoms with Crippen molar-refractivity contribution in [2.75, 3.05) is 32.7 Å². The molecule has 2 aromatic carbocycles. The van der Waals surface area contributed by atoms with E-state index in [0.29, 0.717) is 5.89 Å². The second-order valence-electron chi connectivity index (χ2n) is 7.96. The first kappa shape index (κ1) is 19.6. The highest BCUT2D eigenvalue weighted by molar-refractivity contribution is 5.53. The molecule has 2 heterocycles. The molecule has 1 aliphatic rings. The minimum atomic E-state index is 0.225. The fourth-order valence-electron chi connectivity index (χ4n) is 3.97. The third-order valence-corrected chi connectivity index (χ3v) is 5.80. The Kier molecular flexibility index (Phi) is 6.17. The van der Waals surface area contributed by atoms with Crippen LogP contribution in [0.25, 0.3) is 17.5 Å². The molecule has 0 saturated carbocycles. The van der Waals surface area contributed by atoms with Crippen molar-refractivity contribution in [2.24, 2.45) is 0 Å². The molecule has 3 aromatic rings. The first-order chi connectivity index (χ1) is 14.2. The fourth-order valence-corrected chi connectivity index (χ4v) is 3.97. The van der Waals surface area contributed by atoms with Gasteiger partial charge in [-0.2, -0.15) is 0 Å². The number of aryl methyl sites for hydroxylation is 1. The molecule has 2 N–H and O–H groups in total. The Hall–Kier alpha value is -2.76. The van der Waals surface area contributed by atoms with E-state index in [1.807, 2.05) is 12.1 Å². The van der Waals surface area contributed by atoms with Gasteiger partial charge < -0.3 is 14.2 Å². The second-order valence-corrected chi connectivity index (χ2v) is 7.96. The number of hydrogen-bond donors (Lipinski definition) is 2. The second kappa shape index (κ2) is 9.16. The zero-order chi connectivity index (χ0) is 20.1. The van der Waals surface area contributed by atoms with Crippen molar-refractivity contribution >= 4 is 6.08 Å². The molecule has 5 heteroatoms. The minimum absolute atomic E-state index is 0.225. The molecule has 0 radical (unpaired) electrons. The molecule has 0 spiro atoms. The largest absolute Gasteiger partial charge is 0.415 e. The van der Waals surface area contributed by atoms with E-state index >= 15 is 0 Å². The molecule has 150 valence electrons. The van der Waals surface area contributed by atoms with Crippen molar-refractivity contribution in [3.8, 4) is 11.5 Å². The van der Waals surface area contributed by atoms with Crippen molar-refractivity contribution in [3.63, 3.8) is 0 Å². The fraction of sp³-hybridized carbons (Fsp3) is 0.333. The van der Waals surface area contributed by atoms with Crippen LogP contribution in [0.2, 0.25) is 0 Å². The summed E-state index contributed by atoms with van der Waals surface area (Å²) >= 11 is 0. The maximum absolute atomic E-state index is 6.02. The molecule has 0 bridgehead atoms. The highest BCUT2D eigenvalue weighted by Crippen LogP contribution is 2.20. The molecule has 4 rings (SSSR count). The number of hydrogen-bond acceptors (Lipinski definition) is 3. The zero-order valence-electron chi connectivity index (χ0n) is 17.3. The summed E-state index contributed by atoms with van der Waals surface area (Å²) in [6.07, 6.45) is 4.52. The lowest BCUT2D eigenvalue weighted by Crippen LogP contribution is -3.28. The maximum Gasteiger partial charge on any atom is 0.274 e. The number of aromatic nitrogens is 2. The van der Waals surface area contributed by atoms with Gasteiger partial charge in [-0.05, 0) is 37.6 Å². The van der Waals surface area contributed by atoms with Gasteiger partial charge in [-0.25, -0.2) is 0 Å². The molecule has 1 aliphatic heterocycles. The Bertz CT molecular complexity index is 942. The van der Waals surface area contributed by atoms with Gasteiger partial charge in [0.1, 0.15) is 26.2 Å². The average Bonchev–Trinajstić information content (AvgIpc) is 3.25. The lowest BCUT2D eigenvalue weighted by Gasteiger charge is -2.31. The third kappa shape index (κ3) is 5.00. The van der Waals surface area contributed by atoms with Crippen molar-refractivity contribution in [2.45, 2.75) is 19.9 Å². The molecular formula is C24H30N4O+2. The minimum Gasteiger partial charge on any atom is -0.415 e. The Labute approximate surface area is 172 Å². The number of benzene rings is 2. The van der Waals surface area contributed by atoms with Crippen molar-refractivity contribution in [3.05, 3.63) is 77.7 Å². The highest BCUT2D eigenvalue weighted by atomic mass is 16.4. The summed E-state index contributed by atoms with van der Waals surface area (Å²) in [5, 5.41) is 8.63. The Morgan fingerprint density at radius 3 is 2.55 bits per heavy atom. The van der Waals surface area contributed by atoms with E-state index in [4.69, 9.17) is 4.42 Å². The van der Waals surface area contributed by atoms with Crippen molar-refractivity contribution < 1.29 is 14.2 Å². The lowest BCUT2D eigenvalue weighted by molar-refractivity contribution is -1.02. The molecular weight excluding hydrogens is 360 g/mol. The standard InChI is InChI=1S/C24H28N4O/c1-19-8-6-12-22(18-19)24-26-25-23(29-24)20(2)28-16-14-27(15-17-28)13-7-11-21-9-4-3-5-10-21/h3-12,18,20H,13-17H2,1-2H3/p+2/b11-7+/t20-/m0/s1. The van der Waals surface area contributed by atoms with E-state index < -0.39 is 0 Å². The van der Waals surface area contributed by atoms with Gasteiger partial charge in [-0.3, -0.25) is 0 Å². The van der Waals surface area contributed by atoms with Crippen LogP contribution in [-0.4, -0.2) is 42.9 Å². The molecule has 1 aromatic heterocycles. The number of nitrogens with zero attached hydrogens (tertiary/aromatic N) is 2. The smallest absolute Gasteiger partial charge is 0.274 e. The van der Waals surface area contributed by atoms with Crippen LogP contribution < -0.4 is 9.80 Å². The predicted molar refractivity (Wildman–Crippen MR) is 115 cm³/mol. The van der Waals surface area contributed by atoms with Gasteiger partial charge in [0.15, 0.2) is 6.04 Å². The van der Waals surface area contributed by atoms with E-state index in [9.17, 15) is 0 Å². The summed E-state index contributed by atoms with van der Waals surface area (Å²) in [6, 6.07) is 18.9. The molecule has 5 nitrogen and oxygen atoms in total. The number of rotatable bonds is 6. The summed E-state index contributed by atoms with van der Waals surface area (Å²) < 4.78 is 6.02. The van der Waals surface area contributed by atoms with Crippen LogP contribution in [0.3, 0.4) is 0 Å². The van der Waals surface area contributed by atoms with Crippen molar-refractivity contribution in [1.82, 2.24) is 10.2 Å². The van der Waals surface area contributed by atoms with Gasteiger partial charge in [0.25, 0.3) is 5.89 Å². The molecule has 29 heavy (non-hydrogen) atoms. The third-order valence-electron chi connectivity index (χ3n) is 5.80. The monoisotopic (exact) mass is 390 g/mol. The summed E-state index contributed by atoms with van der Waals surface area (Å²) in [4.78, 5) is 3.17. The Morgan fingerprint density at radius 2 is 1.79 bits per heavy atom. The zero-order valence-corrected chi connectivity index (χ0v) is 17.3. The predicted octanol–water partition coefficient (Wildman–Crippen LogP) is 1.60. The van der Waals surface area contributed by atoms with E-state index in [1.54, 1.807) is 4.90 Å². The van der Waals surface area contributed by atoms with E-state index in [1.165, 1.54) is 16.0 Å². The molecule has 0 amide bonds. The van der Waals surface area contributed by atoms with Crippen LogP contribution in [0, 0.1) is 6.92 Å². The SMILES string of the molecule is Cc1cccc(-c2nnc([C@H](C)[NH+]3CC[NH+](C/C=C/c4ccccc4)CC3)o2)c1. The molecule has 1 atom stereocenters.